The Bertz CT molecular complexity index is 1900. The summed E-state index contributed by atoms with van der Waals surface area (Å²) in [4.78, 5) is 2.21. The van der Waals surface area contributed by atoms with Crippen LogP contribution in [0.2, 0.25) is 5.02 Å². The van der Waals surface area contributed by atoms with Crippen LogP contribution in [0.1, 0.15) is 0 Å². The number of hydrogen-bond acceptors (Lipinski definition) is 2. The van der Waals surface area contributed by atoms with E-state index in [1.54, 1.807) is 0 Å². The number of anilines is 3. The Morgan fingerprint density at radius 2 is 1.24 bits per heavy atom. The van der Waals surface area contributed by atoms with Crippen LogP contribution in [0.4, 0.5) is 17.1 Å². The number of hydrogen-bond donors (Lipinski definition) is 0. The first-order chi connectivity index (χ1) is 18.2. The van der Waals surface area contributed by atoms with E-state index in [0.717, 1.165) is 39.0 Å². The van der Waals surface area contributed by atoms with E-state index in [0.29, 0.717) is 5.02 Å². The third-order valence-electron chi connectivity index (χ3n) is 6.90. The van der Waals surface area contributed by atoms with Gasteiger partial charge in [-0.05, 0) is 70.4 Å². The van der Waals surface area contributed by atoms with Crippen LogP contribution in [0.5, 0.6) is 0 Å². The molecular formula is C34H22ClNO. The lowest BCUT2D eigenvalue weighted by Gasteiger charge is -2.26. The van der Waals surface area contributed by atoms with Gasteiger partial charge < -0.3 is 9.32 Å². The van der Waals surface area contributed by atoms with Crippen LogP contribution >= 0.6 is 11.6 Å². The van der Waals surface area contributed by atoms with Gasteiger partial charge in [0.25, 0.3) is 0 Å². The highest BCUT2D eigenvalue weighted by molar-refractivity contribution is 6.31. The lowest BCUT2D eigenvalue weighted by atomic mass is 10.0. The summed E-state index contributed by atoms with van der Waals surface area (Å²) in [7, 11) is 0. The van der Waals surface area contributed by atoms with E-state index in [9.17, 15) is 0 Å². The van der Waals surface area contributed by atoms with Gasteiger partial charge in [0.05, 0.1) is 5.69 Å². The summed E-state index contributed by atoms with van der Waals surface area (Å²) >= 11 is 6.45. The second kappa shape index (κ2) is 8.85. The van der Waals surface area contributed by atoms with Gasteiger partial charge in [0, 0.05) is 27.2 Å². The van der Waals surface area contributed by atoms with Crippen molar-refractivity contribution in [1.82, 2.24) is 0 Å². The van der Waals surface area contributed by atoms with Gasteiger partial charge in [-0.3, -0.25) is 0 Å². The van der Waals surface area contributed by atoms with Crippen molar-refractivity contribution in [2.75, 3.05) is 4.90 Å². The number of nitrogens with zero attached hydrogens (tertiary/aromatic N) is 1. The monoisotopic (exact) mass is 495 g/mol. The normalized spacial score (nSPS) is 11.4. The standard InChI is InChI=1S/C34H22ClNO/c35-27-9-5-10-29(22-27)36(32-13-6-12-31-30-11-3-4-14-33(30)37-34(31)32)28-19-17-24(18-20-28)26-16-15-23-7-1-2-8-25(23)21-26/h1-22H. The van der Waals surface area contributed by atoms with Gasteiger partial charge in [0.1, 0.15) is 5.58 Å². The van der Waals surface area contributed by atoms with Crippen LogP contribution < -0.4 is 4.90 Å². The molecule has 0 atom stereocenters. The van der Waals surface area contributed by atoms with Crippen LogP contribution in [0.3, 0.4) is 0 Å². The largest absolute Gasteiger partial charge is 0.454 e. The van der Waals surface area contributed by atoms with Crippen molar-refractivity contribution >= 4 is 61.4 Å². The first kappa shape index (κ1) is 21.7. The Morgan fingerprint density at radius 1 is 0.514 bits per heavy atom. The van der Waals surface area contributed by atoms with Crippen LogP contribution in [-0.4, -0.2) is 0 Å². The zero-order valence-electron chi connectivity index (χ0n) is 19.9. The van der Waals surface area contributed by atoms with Crippen LogP contribution in [0.15, 0.2) is 138 Å². The molecule has 0 bridgehead atoms. The highest BCUT2D eigenvalue weighted by Crippen LogP contribution is 2.42. The second-order valence-electron chi connectivity index (χ2n) is 9.18. The Hall–Kier alpha value is -4.53. The van der Waals surface area contributed by atoms with Gasteiger partial charge in [-0.15, -0.1) is 0 Å². The summed E-state index contributed by atoms with van der Waals surface area (Å²) in [6.45, 7) is 0. The van der Waals surface area contributed by atoms with E-state index in [-0.39, 0.29) is 0 Å². The van der Waals surface area contributed by atoms with Crippen molar-refractivity contribution in [3.63, 3.8) is 0 Å². The zero-order chi connectivity index (χ0) is 24.8. The van der Waals surface area contributed by atoms with Crippen molar-refractivity contribution in [2.24, 2.45) is 0 Å². The summed E-state index contributed by atoms with van der Waals surface area (Å²) in [5.74, 6) is 0. The van der Waals surface area contributed by atoms with Crippen molar-refractivity contribution in [2.45, 2.75) is 0 Å². The van der Waals surface area contributed by atoms with Crippen molar-refractivity contribution < 1.29 is 4.42 Å². The molecule has 0 saturated heterocycles. The molecule has 7 aromatic rings. The molecule has 0 aliphatic carbocycles. The molecule has 0 fully saturated rings. The van der Waals surface area contributed by atoms with E-state index in [2.05, 4.69) is 102 Å². The van der Waals surface area contributed by atoms with E-state index >= 15 is 0 Å². The fourth-order valence-electron chi connectivity index (χ4n) is 5.12. The minimum Gasteiger partial charge on any atom is -0.454 e. The van der Waals surface area contributed by atoms with Crippen molar-refractivity contribution in [3.8, 4) is 11.1 Å². The van der Waals surface area contributed by atoms with Gasteiger partial charge in [0.2, 0.25) is 0 Å². The Morgan fingerprint density at radius 3 is 2.11 bits per heavy atom. The maximum absolute atomic E-state index is 6.45. The Kier molecular flexibility index (Phi) is 5.20. The summed E-state index contributed by atoms with van der Waals surface area (Å²) in [5.41, 5.74) is 7.06. The summed E-state index contributed by atoms with van der Waals surface area (Å²) in [6.07, 6.45) is 0. The van der Waals surface area contributed by atoms with Gasteiger partial charge in [-0.1, -0.05) is 96.5 Å². The number of furan rings is 1. The predicted octanol–water partition coefficient (Wildman–Crippen LogP) is 10.5. The van der Waals surface area contributed by atoms with E-state index < -0.39 is 0 Å². The summed E-state index contributed by atoms with van der Waals surface area (Å²) in [6, 6.07) is 46.1. The lowest BCUT2D eigenvalue weighted by molar-refractivity contribution is 0.669. The average molecular weight is 496 g/mol. The van der Waals surface area contributed by atoms with E-state index in [1.165, 1.54) is 21.9 Å². The number of rotatable bonds is 4. The lowest BCUT2D eigenvalue weighted by Crippen LogP contribution is -2.10. The second-order valence-corrected chi connectivity index (χ2v) is 9.61. The smallest absolute Gasteiger partial charge is 0.159 e. The maximum Gasteiger partial charge on any atom is 0.159 e. The van der Waals surface area contributed by atoms with Gasteiger partial charge in [-0.2, -0.15) is 0 Å². The zero-order valence-corrected chi connectivity index (χ0v) is 20.7. The highest BCUT2D eigenvalue weighted by atomic mass is 35.5. The molecule has 2 nitrogen and oxygen atoms in total. The van der Waals surface area contributed by atoms with Crippen LogP contribution in [0, 0.1) is 0 Å². The molecule has 0 radical (unpaired) electrons. The minimum absolute atomic E-state index is 0.687. The molecule has 0 unspecified atom stereocenters. The molecular weight excluding hydrogens is 474 g/mol. The molecule has 0 saturated carbocycles. The molecule has 1 aromatic heterocycles. The van der Waals surface area contributed by atoms with Crippen molar-refractivity contribution in [3.05, 3.63) is 138 Å². The topological polar surface area (TPSA) is 16.4 Å². The quantitative estimate of drug-likeness (QED) is 0.241. The molecule has 1 heterocycles. The van der Waals surface area contributed by atoms with Crippen LogP contribution in [-0.2, 0) is 0 Å². The summed E-state index contributed by atoms with van der Waals surface area (Å²) < 4.78 is 6.40. The first-order valence-corrected chi connectivity index (χ1v) is 12.7. The Labute approximate surface area is 220 Å². The van der Waals surface area contributed by atoms with Gasteiger partial charge >= 0.3 is 0 Å². The highest BCUT2D eigenvalue weighted by Gasteiger charge is 2.19. The number of halogens is 1. The van der Waals surface area contributed by atoms with Crippen molar-refractivity contribution in [1.29, 1.82) is 0 Å². The number of para-hydroxylation sites is 2. The number of fused-ring (bicyclic) bond motifs is 4. The molecule has 7 rings (SSSR count). The van der Waals surface area contributed by atoms with Crippen LogP contribution in [0.25, 0.3) is 43.8 Å². The first-order valence-electron chi connectivity index (χ1n) is 12.3. The third kappa shape index (κ3) is 3.83. The maximum atomic E-state index is 6.45. The average Bonchev–Trinajstić information content (AvgIpc) is 3.33. The molecule has 0 aliphatic rings. The third-order valence-corrected chi connectivity index (χ3v) is 7.13. The molecule has 37 heavy (non-hydrogen) atoms. The molecule has 3 heteroatoms. The molecule has 0 spiro atoms. The minimum atomic E-state index is 0.687. The van der Waals surface area contributed by atoms with E-state index in [1.807, 2.05) is 36.4 Å². The molecule has 0 amide bonds. The summed E-state index contributed by atoms with van der Waals surface area (Å²) in [5, 5.41) is 5.37. The number of benzene rings is 6. The molecule has 176 valence electrons. The fourth-order valence-corrected chi connectivity index (χ4v) is 5.31. The molecule has 6 aromatic carbocycles. The molecule has 0 N–H and O–H groups in total. The fraction of sp³-hybridized carbons (Fsp3) is 0. The molecule has 0 aliphatic heterocycles. The predicted molar refractivity (Wildman–Crippen MR) is 156 cm³/mol. The Balaban J connectivity index is 1.38. The van der Waals surface area contributed by atoms with Gasteiger partial charge in [0.15, 0.2) is 5.58 Å². The SMILES string of the molecule is Clc1cccc(N(c2ccc(-c3ccc4ccccc4c3)cc2)c2cccc3c2oc2ccccc23)c1. The van der Waals surface area contributed by atoms with E-state index in [4.69, 9.17) is 16.0 Å². The van der Waals surface area contributed by atoms with Gasteiger partial charge in [-0.25, -0.2) is 0 Å².